The summed E-state index contributed by atoms with van der Waals surface area (Å²) in [4.78, 5) is 11.6. The van der Waals surface area contributed by atoms with Crippen LogP contribution >= 0.6 is 43.6 Å². The molecule has 0 spiro atoms. The number of aromatic nitrogens is 1. The standard InChI is InChI=1S/C9H11Br2NOS/c1-2-14-4-3-12-6-7(10)5-8(11)9(12)13/h5-6H,2-4H2,1H3. The number of rotatable bonds is 4. The number of hydrogen-bond donors (Lipinski definition) is 0. The van der Waals surface area contributed by atoms with Gasteiger partial charge in [0.05, 0.1) is 4.47 Å². The Balaban J connectivity index is 2.81. The van der Waals surface area contributed by atoms with E-state index in [0.29, 0.717) is 4.47 Å². The Labute approximate surface area is 104 Å². The summed E-state index contributed by atoms with van der Waals surface area (Å²) in [6, 6.07) is 1.77. The van der Waals surface area contributed by atoms with E-state index in [1.807, 2.05) is 18.0 Å². The van der Waals surface area contributed by atoms with Crippen molar-refractivity contribution in [3.8, 4) is 0 Å². The summed E-state index contributed by atoms with van der Waals surface area (Å²) < 4.78 is 3.25. The van der Waals surface area contributed by atoms with Crippen molar-refractivity contribution < 1.29 is 0 Å². The number of nitrogens with zero attached hydrogens (tertiary/aromatic N) is 1. The van der Waals surface area contributed by atoms with Gasteiger partial charge in [0.15, 0.2) is 0 Å². The fourth-order valence-electron chi connectivity index (χ4n) is 1.04. The number of hydrogen-bond acceptors (Lipinski definition) is 2. The lowest BCUT2D eigenvalue weighted by atomic mass is 10.5. The Bertz CT molecular complexity index is 364. The molecular formula is C9H11Br2NOS. The fraction of sp³-hybridized carbons (Fsp3) is 0.444. The lowest BCUT2D eigenvalue weighted by Gasteiger charge is -2.06. The fourth-order valence-corrected chi connectivity index (χ4v) is 2.91. The average Bonchev–Trinajstić information content (AvgIpc) is 2.13. The highest BCUT2D eigenvalue weighted by molar-refractivity contribution is 9.11. The lowest BCUT2D eigenvalue weighted by Crippen LogP contribution is -2.21. The Hall–Kier alpha value is 0.260. The van der Waals surface area contributed by atoms with Crippen LogP contribution in [0.4, 0.5) is 0 Å². The van der Waals surface area contributed by atoms with E-state index in [9.17, 15) is 4.79 Å². The molecule has 0 bridgehead atoms. The normalized spacial score (nSPS) is 10.5. The quantitative estimate of drug-likeness (QED) is 0.785. The van der Waals surface area contributed by atoms with Gasteiger partial charge in [-0.05, 0) is 43.7 Å². The van der Waals surface area contributed by atoms with E-state index in [1.165, 1.54) is 0 Å². The Morgan fingerprint density at radius 3 is 2.86 bits per heavy atom. The van der Waals surface area contributed by atoms with Crippen molar-refractivity contribution in [3.05, 3.63) is 31.6 Å². The van der Waals surface area contributed by atoms with Gasteiger partial charge in [0.2, 0.25) is 0 Å². The summed E-state index contributed by atoms with van der Waals surface area (Å²) in [5.41, 5.74) is 0.0323. The first-order valence-corrected chi connectivity index (χ1v) is 7.02. The highest BCUT2D eigenvalue weighted by Gasteiger charge is 2.02. The van der Waals surface area contributed by atoms with Gasteiger partial charge in [0.25, 0.3) is 5.56 Å². The van der Waals surface area contributed by atoms with Crippen LogP contribution < -0.4 is 5.56 Å². The molecule has 2 nitrogen and oxygen atoms in total. The van der Waals surface area contributed by atoms with E-state index in [-0.39, 0.29) is 5.56 Å². The summed E-state index contributed by atoms with van der Waals surface area (Å²) in [6.45, 7) is 2.87. The molecule has 1 rings (SSSR count). The predicted molar refractivity (Wildman–Crippen MR) is 69.1 cm³/mol. The third-order valence-electron chi connectivity index (χ3n) is 1.69. The predicted octanol–water partition coefficient (Wildman–Crippen LogP) is 3.13. The molecule has 14 heavy (non-hydrogen) atoms. The van der Waals surface area contributed by atoms with Gasteiger partial charge in [-0.3, -0.25) is 4.79 Å². The second-order valence-corrected chi connectivity index (χ2v) is 5.87. The zero-order chi connectivity index (χ0) is 10.6. The summed E-state index contributed by atoms with van der Waals surface area (Å²) >= 11 is 8.43. The lowest BCUT2D eigenvalue weighted by molar-refractivity contribution is 0.728. The molecule has 0 atom stereocenters. The number of halogens is 2. The molecule has 0 radical (unpaired) electrons. The van der Waals surface area contributed by atoms with E-state index >= 15 is 0 Å². The molecule has 78 valence electrons. The maximum Gasteiger partial charge on any atom is 0.264 e. The van der Waals surface area contributed by atoms with Crippen LogP contribution in [0.1, 0.15) is 6.92 Å². The minimum Gasteiger partial charge on any atom is -0.313 e. The Kier molecular flexibility index (Phi) is 5.26. The van der Waals surface area contributed by atoms with Crippen molar-refractivity contribution in [1.29, 1.82) is 0 Å². The van der Waals surface area contributed by atoms with Crippen LogP contribution in [0, 0.1) is 0 Å². The van der Waals surface area contributed by atoms with Crippen molar-refractivity contribution >= 4 is 43.6 Å². The Morgan fingerprint density at radius 1 is 1.50 bits per heavy atom. The second kappa shape index (κ2) is 5.98. The van der Waals surface area contributed by atoms with Crippen molar-refractivity contribution in [2.45, 2.75) is 13.5 Å². The Morgan fingerprint density at radius 2 is 2.21 bits per heavy atom. The minimum absolute atomic E-state index is 0.0323. The van der Waals surface area contributed by atoms with Crippen LogP contribution in [0.5, 0.6) is 0 Å². The summed E-state index contributed by atoms with van der Waals surface area (Å²) in [7, 11) is 0. The molecule has 0 N–H and O–H groups in total. The molecule has 0 aliphatic carbocycles. The highest BCUT2D eigenvalue weighted by atomic mass is 79.9. The number of pyridine rings is 1. The van der Waals surface area contributed by atoms with Crippen molar-refractivity contribution in [2.75, 3.05) is 11.5 Å². The monoisotopic (exact) mass is 339 g/mol. The van der Waals surface area contributed by atoms with Crippen LogP contribution in [0.2, 0.25) is 0 Å². The third-order valence-corrected chi connectivity index (χ3v) is 3.57. The largest absolute Gasteiger partial charge is 0.313 e. The molecule has 0 aromatic carbocycles. The van der Waals surface area contributed by atoms with Crippen LogP contribution in [0.15, 0.2) is 26.0 Å². The maximum atomic E-state index is 11.6. The van der Waals surface area contributed by atoms with Crippen LogP contribution in [0.3, 0.4) is 0 Å². The topological polar surface area (TPSA) is 22.0 Å². The first kappa shape index (κ1) is 12.3. The van der Waals surface area contributed by atoms with Gasteiger partial charge in [-0.25, -0.2) is 0 Å². The average molecular weight is 341 g/mol. The van der Waals surface area contributed by atoms with Gasteiger partial charge < -0.3 is 4.57 Å². The molecule has 1 aromatic rings. The number of aryl methyl sites for hydroxylation is 1. The SMILES string of the molecule is CCSCCn1cc(Br)cc(Br)c1=O. The number of thioether (sulfide) groups is 1. The van der Waals surface area contributed by atoms with E-state index in [2.05, 4.69) is 38.8 Å². The molecule has 0 saturated carbocycles. The van der Waals surface area contributed by atoms with E-state index in [1.54, 1.807) is 10.6 Å². The van der Waals surface area contributed by atoms with E-state index in [4.69, 9.17) is 0 Å². The van der Waals surface area contributed by atoms with Gasteiger partial charge in [0, 0.05) is 23.0 Å². The van der Waals surface area contributed by atoms with Gasteiger partial charge in [-0.1, -0.05) is 6.92 Å². The summed E-state index contributed by atoms with van der Waals surface area (Å²) in [5.74, 6) is 2.06. The maximum absolute atomic E-state index is 11.6. The highest BCUT2D eigenvalue weighted by Crippen LogP contribution is 2.13. The molecule has 0 unspecified atom stereocenters. The molecule has 1 heterocycles. The molecule has 0 aliphatic rings. The van der Waals surface area contributed by atoms with Crippen molar-refractivity contribution in [3.63, 3.8) is 0 Å². The zero-order valence-corrected chi connectivity index (χ0v) is 11.8. The summed E-state index contributed by atoms with van der Waals surface area (Å²) in [5, 5.41) is 0. The molecule has 1 aromatic heterocycles. The van der Waals surface area contributed by atoms with Crippen LogP contribution in [0.25, 0.3) is 0 Å². The van der Waals surface area contributed by atoms with Crippen molar-refractivity contribution in [1.82, 2.24) is 4.57 Å². The van der Waals surface area contributed by atoms with Gasteiger partial charge >= 0.3 is 0 Å². The molecule has 5 heteroatoms. The minimum atomic E-state index is 0.0323. The van der Waals surface area contributed by atoms with Gasteiger partial charge in [-0.2, -0.15) is 11.8 Å². The van der Waals surface area contributed by atoms with Crippen molar-refractivity contribution in [2.24, 2.45) is 0 Å². The van der Waals surface area contributed by atoms with Crippen LogP contribution in [-0.2, 0) is 6.54 Å². The smallest absolute Gasteiger partial charge is 0.264 e. The van der Waals surface area contributed by atoms with E-state index < -0.39 is 0 Å². The summed E-state index contributed by atoms with van der Waals surface area (Å²) in [6.07, 6.45) is 1.82. The first-order valence-electron chi connectivity index (χ1n) is 4.28. The second-order valence-electron chi connectivity index (χ2n) is 2.70. The molecule has 0 aliphatic heterocycles. The zero-order valence-electron chi connectivity index (χ0n) is 7.80. The van der Waals surface area contributed by atoms with Crippen LogP contribution in [-0.4, -0.2) is 16.1 Å². The first-order chi connectivity index (χ1) is 6.65. The molecule has 0 fully saturated rings. The molecule has 0 saturated heterocycles. The van der Waals surface area contributed by atoms with Gasteiger partial charge in [0.1, 0.15) is 0 Å². The molecular weight excluding hydrogens is 330 g/mol. The third kappa shape index (κ3) is 3.44. The van der Waals surface area contributed by atoms with E-state index in [0.717, 1.165) is 22.5 Å². The molecule has 0 amide bonds. The van der Waals surface area contributed by atoms with Gasteiger partial charge in [-0.15, -0.1) is 0 Å².